The van der Waals surface area contributed by atoms with E-state index in [2.05, 4.69) is 16.0 Å². The first-order valence-corrected chi connectivity index (χ1v) is 8.51. The van der Waals surface area contributed by atoms with Crippen LogP contribution < -0.4 is 16.0 Å². The van der Waals surface area contributed by atoms with E-state index in [0.29, 0.717) is 32.7 Å². The highest BCUT2D eigenvalue weighted by atomic mass is 16.7. The molecule has 3 atom stereocenters. The summed E-state index contributed by atoms with van der Waals surface area (Å²) in [4.78, 5) is 18.0. The zero-order valence-corrected chi connectivity index (χ0v) is 14.0. The summed E-state index contributed by atoms with van der Waals surface area (Å²) in [5.41, 5.74) is 2.26. The van der Waals surface area contributed by atoms with Crippen LogP contribution in [0, 0.1) is 6.92 Å². The molecule has 1 aromatic carbocycles. The Morgan fingerprint density at radius 3 is 2.71 bits per heavy atom. The van der Waals surface area contributed by atoms with E-state index in [1.165, 1.54) is 10.6 Å². The van der Waals surface area contributed by atoms with E-state index >= 15 is 0 Å². The number of aliphatic hydroxyl groups excluding tert-OH is 1. The fraction of sp³-hybridized carbons (Fsp3) is 0.588. The van der Waals surface area contributed by atoms with Gasteiger partial charge in [-0.1, -0.05) is 29.8 Å². The van der Waals surface area contributed by atoms with Crippen LogP contribution in [-0.2, 0) is 16.2 Å². The highest BCUT2D eigenvalue weighted by Gasteiger charge is 2.30. The molecule has 4 N–H and O–H groups in total. The molecule has 0 spiro atoms. The van der Waals surface area contributed by atoms with Crippen LogP contribution in [0.25, 0.3) is 0 Å². The van der Waals surface area contributed by atoms with Crippen molar-refractivity contribution in [2.45, 2.75) is 38.2 Å². The molecule has 2 aliphatic heterocycles. The Hall–Kier alpha value is -1.51. The number of hydroxylamine groups is 2. The van der Waals surface area contributed by atoms with Crippen molar-refractivity contribution in [3.8, 4) is 0 Å². The smallest absolute Gasteiger partial charge is 0.263 e. The zero-order valence-electron chi connectivity index (χ0n) is 14.0. The molecule has 1 amide bonds. The third-order valence-corrected chi connectivity index (χ3v) is 4.49. The molecule has 0 bridgehead atoms. The summed E-state index contributed by atoms with van der Waals surface area (Å²) in [5, 5.41) is 20.3. The third kappa shape index (κ3) is 4.31. The predicted molar refractivity (Wildman–Crippen MR) is 89.9 cm³/mol. The Bertz CT molecular complexity index is 551. The number of hydrogen-bond donors (Lipinski definition) is 4. The van der Waals surface area contributed by atoms with E-state index in [1.54, 1.807) is 0 Å². The van der Waals surface area contributed by atoms with Crippen LogP contribution in [0.2, 0.25) is 0 Å². The standard InChI is InChI=1S/C17H26N4O3/c1-12-2-4-13(5-3-12)11-21-17(23)14(6-9-24-21)18-7-8-19-15-10-20-16(15)22/h2-5,14-16,18-20,22H,6-11H2,1H3/t14?,15?,16-/m0/s1. The first-order valence-electron chi connectivity index (χ1n) is 8.51. The van der Waals surface area contributed by atoms with Gasteiger partial charge in [-0.25, -0.2) is 5.06 Å². The average molecular weight is 334 g/mol. The Balaban J connectivity index is 1.43. The SMILES string of the molecule is Cc1ccc(CN2OCCC(NCCNC3CN[C@H]3O)C2=O)cc1. The van der Waals surface area contributed by atoms with Gasteiger partial charge in [-0.05, 0) is 18.9 Å². The minimum atomic E-state index is -0.459. The van der Waals surface area contributed by atoms with Crippen LogP contribution in [0.1, 0.15) is 17.5 Å². The maximum absolute atomic E-state index is 12.5. The van der Waals surface area contributed by atoms with Gasteiger partial charge >= 0.3 is 0 Å². The third-order valence-electron chi connectivity index (χ3n) is 4.49. The molecule has 2 heterocycles. The van der Waals surface area contributed by atoms with Crippen molar-refractivity contribution in [3.63, 3.8) is 0 Å². The van der Waals surface area contributed by atoms with Gasteiger partial charge in [0.25, 0.3) is 5.91 Å². The van der Waals surface area contributed by atoms with Gasteiger partial charge in [0.2, 0.25) is 0 Å². The number of aryl methyl sites for hydroxylation is 1. The first-order chi connectivity index (χ1) is 11.6. The maximum Gasteiger partial charge on any atom is 0.263 e. The highest BCUT2D eigenvalue weighted by molar-refractivity contribution is 5.81. The lowest BCUT2D eigenvalue weighted by atomic mass is 10.1. The van der Waals surface area contributed by atoms with Crippen molar-refractivity contribution in [1.29, 1.82) is 0 Å². The largest absolute Gasteiger partial charge is 0.377 e. The summed E-state index contributed by atoms with van der Waals surface area (Å²) in [7, 11) is 0. The van der Waals surface area contributed by atoms with Crippen LogP contribution in [0.5, 0.6) is 0 Å². The number of benzene rings is 1. The van der Waals surface area contributed by atoms with Crippen molar-refractivity contribution in [2.24, 2.45) is 0 Å². The fourth-order valence-electron chi connectivity index (χ4n) is 2.84. The van der Waals surface area contributed by atoms with Crippen LogP contribution >= 0.6 is 0 Å². The highest BCUT2D eigenvalue weighted by Crippen LogP contribution is 2.14. The number of aliphatic hydroxyl groups is 1. The van der Waals surface area contributed by atoms with Crippen LogP contribution in [0.4, 0.5) is 0 Å². The van der Waals surface area contributed by atoms with Gasteiger partial charge < -0.3 is 15.7 Å². The van der Waals surface area contributed by atoms with Crippen LogP contribution in [0.15, 0.2) is 24.3 Å². The Labute approximate surface area is 142 Å². The van der Waals surface area contributed by atoms with Gasteiger partial charge in [0, 0.05) is 19.6 Å². The Kier molecular flexibility index (Phi) is 5.80. The van der Waals surface area contributed by atoms with E-state index in [9.17, 15) is 9.90 Å². The summed E-state index contributed by atoms with van der Waals surface area (Å²) >= 11 is 0. The summed E-state index contributed by atoms with van der Waals surface area (Å²) < 4.78 is 0. The molecule has 2 saturated heterocycles. The van der Waals surface area contributed by atoms with Gasteiger partial charge in [0.1, 0.15) is 6.23 Å². The van der Waals surface area contributed by atoms with Gasteiger partial charge in [-0.15, -0.1) is 0 Å². The van der Waals surface area contributed by atoms with Gasteiger partial charge in [0.15, 0.2) is 0 Å². The first kappa shape index (κ1) is 17.3. The maximum atomic E-state index is 12.5. The van der Waals surface area contributed by atoms with E-state index < -0.39 is 6.23 Å². The predicted octanol–water partition coefficient (Wildman–Crippen LogP) is -0.503. The zero-order chi connectivity index (χ0) is 16.9. The molecule has 7 nitrogen and oxygen atoms in total. The van der Waals surface area contributed by atoms with E-state index in [1.807, 2.05) is 31.2 Å². The van der Waals surface area contributed by atoms with Gasteiger partial charge in [0.05, 0.1) is 25.2 Å². The summed E-state index contributed by atoms with van der Waals surface area (Å²) in [6, 6.07) is 8.00. The minimum absolute atomic E-state index is 0.0211. The normalized spacial score (nSPS) is 27.2. The second-order valence-corrected chi connectivity index (χ2v) is 6.40. The molecule has 2 fully saturated rings. The average Bonchev–Trinajstić information content (AvgIpc) is 2.58. The molecule has 2 unspecified atom stereocenters. The number of nitrogens with zero attached hydrogens (tertiary/aromatic N) is 1. The lowest BCUT2D eigenvalue weighted by Crippen LogP contribution is -2.64. The molecular formula is C17H26N4O3. The van der Waals surface area contributed by atoms with Crippen molar-refractivity contribution in [2.75, 3.05) is 26.2 Å². The van der Waals surface area contributed by atoms with Crippen molar-refractivity contribution >= 4 is 5.91 Å². The number of carbonyl (C=O) groups excluding carboxylic acids is 1. The number of nitrogens with one attached hydrogen (secondary N) is 3. The second kappa shape index (κ2) is 8.04. The Morgan fingerprint density at radius 2 is 2.04 bits per heavy atom. The molecule has 0 saturated carbocycles. The molecule has 0 radical (unpaired) electrons. The second-order valence-electron chi connectivity index (χ2n) is 6.40. The quantitative estimate of drug-likeness (QED) is 0.503. The van der Waals surface area contributed by atoms with Crippen molar-refractivity contribution < 1.29 is 14.7 Å². The molecule has 132 valence electrons. The van der Waals surface area contributed by atoms with E-state index in [0.717, 1.165) is 12.1 Å². The minimum Gasteiger partial charge on any atom is -0.377 e. The number of hydrogen-bond acceptors (Lipinski definition) is 6. The number of amides is 1. The molecule has 0 aliphatic carbocycles. The molecule has 7 heteroatoms. The van der Waals surface area contributed by atoms with E-state index in [-0.39, 0.29) is 18.0 Å². The molecule has 24 heavy (non-hydrogen) atoms. The van der Waals surface area contributed by atoms with Crippen LogP contribution in [-0.4, -0.2) is 60.6 Å². The summed E-state index contributed by atoms with van der Waals surface area (Å²) in [5.74, 6) is -0.0211. The molecular weight excluding hydrogens is 308 g/mol. The molecule has 2 aliphatic rings. The van der Waals surface area contributed by atoms with Crippen molar-refractivity contribution in [3.05, 3.63) is 35.4 Å². The van der Waals surface area contributed by atoms with Gasteiger partial charge in [-0.2, -0.15) is 0 Å². The summed E-state index contributed by atoms with van der Waals surface area (Å²) in [6.07, 6.45) is 0.219. The topological polar surface area (TPSA) is 85.9 Å². The van der Waals surface area contributed by atoms with Crippen molar-refractivity contribution in [1.82, 2.24) is 21.0 Å². The summed E-state index contributed by atoms with van der Waals surface area (Å²) in [6.45, 7) is 5.22. The monoisotopic (exact) mass is 334 g/mol. The number of carbonyl (C=O) groups is 1. The molecule has 3 rings (SSSR count). The Morgan fingerprint density at radius 1 is 1.29 bits per heavy atom. The van der Waals surface area contributed by atoms with Crippen LogP contribution in [0.3, 0.4) is 0 Å². The lowest BCUT2D eigenvalue weighted by molar-refractivity contribution is -0.206. The fourth-order valence-corrected chi connectivity index (χ4v) is 2.84. The van der Waals surface area contributed by atoms with E-state index in [4.69, 9.17) is 4.84 Å². The number of rotatable bonds is 7. The van der Waals surface area contributed by atoms with Gasteiger partial charge in [-0.3, -0.25) is 14.9 Å². The molecule has 1 aromatic rings. The molecule has 0 aromatic heterocycles. The lowest BCUT2D eigenvalue weighted by Gasteiger charge is -2.35.